The van der Waals surface area contributed by atoms with Crippen molar-refractivity contribution in [1.82, 2.24) is 0 Å². The van der Waals surface area contributed by atoms with Crippen molar-refractivity contribution in [3.05, 3.63) is 91.0 Å². The van der Waals surface area contributed by atoms with Crippen LogP contribution in [0.3, 0.4) is 0 Å². The molecule has 3 rings (SSSR count). The van der Waals surface area contributed by atoms with Gasteiger partial charge in [-0.1, -0.05) is 61.5 Å². The Morgan fingerprint density at radius 2 is 1.19 bits per heavy atom. The van der Waals surface area contributed by atoms with Crippen LogP contribution >= 0.6 is 15.1 Å². The largest absolute Gasteiger partial charge is 0.756 e. The van der Waals surface area contributed by atoms with Crippen molar-refractivity contribution >= 4 is 37.0 Å². The van der Waals surface area contributed by atoms with Crippen molar-refractivity contribution in [2.24, 2.45) is 5.41 Å². The van der Waals surface area contributed by atoms with Crippen LogP contribution in [0.25, 0.3) is 0 Å². The molecule has 0 radical (unpaired) electrons. The standard InChI is InChI=1S/C28H34O6P2/c1-4-28(2,3)27(29)32-20-21-33-36(30,31)34-22-23-35(24-14-8-5-9-15-24,25-16-10-6-11-17-25)26-18-12-7-13-19-26/h5-19H,4,20-23H2,1-3H3. The van der Waals surface area contributed by atoms with Crippen LogP contribution in [-0.2, 0) is 23.1 Å². The maximum Gasteiger partial charge on any atom is 0.311 e. The second-order valence-corrected chi connectivity index (χ2v) is 14.1. The molecular weight excluding hydrogens is 494 g/mol. The molecular formula is C28H34O6P2. The van der Waals surface area contributed by atoms with Crippen molar-refractivity contribution < 1.29 is 28.0 Å². The molecule has 0 heterocycles. The van der Waals surface area contributed by atoms with E-state index in [9.17, 15) is 14.3 Å². The average Bonchev–Trinajstić information content (AvgIpc) is 2.90. The topological polar surface area (TPSA) is 84.9 Å². The Bertz CT molecular complexity index is 1040. The Morgan fingerprint density at radius 1 is 0.778 bits per heavy atom. The van der Waals surface area contributed by atoms with E-state index in [1.54, 1.807) is 13.8 Å². The molecule has 0 fully saturated rings. The van der Waals surface area contributed by atoms with Crippen molar-refractivity contribution in [3.63, 3.8) is 0 Å². The predicted molar refractivity (Wildman–Crippen MR) is 145 cm³/mol. The summed E-state index contributed by atoms with van der Waals surface area (Å²) in [6.07, 6.45) is 1.09. The predicted octanol–water partition coefficient (Wildman–Crippen LogP) is 4.46. The molecule has 1 atom stereocenters. The first-order chi connectivity index (χ1) is 17.2. The monoisotopic (exact) mass is 528 g/mol. The van der Waals surface area contributed by atoms with Gasteiger partial charge in [-0.15, -0.1) is 0 Å². The molecule has 0 N–H and O–H groups in total. The number of phosphoric ester groups is 1. The van der Waals surface area contributed by atoms with Gasteiger partial charge in [-0.2, -0.15) is 0 Å². The quantitative estimate of drug-likeness (QED) is 0.185. The highest BCUT2D eigenvalue weighted by atomic mass is 31.2. The molecule has 0 aliphatic heterocycles. The normalized spacial score (nSPS) is 13.7. The first-order valence-electron chi connectivity index (χ1n) is 12.0. The number of benzene rings is 3. The van der Waals surface area contributed by atoms with E-state index in [1.807, 2.05) is 61.5 Å². The summed E-state index contributed by atoms with van der Waals surface area (Å²) < 4.78 is 27.9. The molecule has 36 heavy (non-hydrogen) atoms. The van der Waals surface area contributed by atoms with Crippen LogP contribution in [0.1, 0.15) is 27.2 Å². The van der Waals surface area contributed by atoms with Gasteiger partial charge in [0.1, 0.15) is 29.8 Å². The molecule has 0 spiro atoms. The summed E-state index contributed by atoms with van der Waals surface area (Å²) in [5, 5.41) is 3.41. The SMILES string of the molecule is CCC(C)(C)C(=O)OCCOP(=O)([O-])OCC[P+](c1ccccc1)(c1ccccc1)c1ccccc1. The second-order valence-electron chi connectivity index (χ2n) is 9.03. The van der Waals surface area contributed by atoms with E-state index in [4.69, 9.17) is 13.8 Å². The smallest absolute Gasteiger partial charge is 0.311 e. The number of phosphoric acid groups is 1. The summed E-state index contributed by atoms with van der Waals surface area (Å²) >= 11 is 0. The molecule has 3 aromatic rings. The molecule has 1 unspecified atom stereocenters. The Morgan fingerprint density at radius 3 is 1.61 bits per heavy atom. The van der Waals surface area contributed by atoms with Gasteiger partial charge < -0.3 is 18.7 Å². The van der Waals surface area contributed by atoms with E-state index < -0.39 is 26.5 Å². The van der Waals surface area contributed by atoms with E-state index in [0.717, 1.165) is 15.9 Å². The highest BCUT2D eigenvalue weighted by Gasteiger charge is 2.45. The molecule has 192 valence electrons. The molecule has 3 aromatic carbocycles. The third-order valence-electron chi connectivity index (χ3n) is 6.27. The summed E-state index contributed by atoms with van der Waals surface area (Å²) in [6.45, 7) is 4.95. The van der Waals surface area contributed by atoms with E-state index in [2.05, 4.69) is 36.4 Å². The van der Waals surface area contributed by atoms with E-state index in [0.29, 0.717) is 12.6 Å². The van der Waals surface area contributed by atoms with Crippen molar-refractivity contribution in [1.29, 1.82) is 0 Å². The second kappa shape index (κ2) is 12.8. The molecule has 8 heteroatoms. The summed E-state index contributed by atoms with van der Waals surface area (Å²) in [6, 6.07) is 30.5. The fourth-order valence-corrected chi connectivity index (χ4v) is 8.74. The third kappa shape index (κ3) is 7.12. The number of hydrogen-bond acceptors (Lipinski definition) is 6. The molecule has 0 amide bonds. The fraction of sp³-hybridized carbons (Fsp3) is 0.321. The van der Waals surface area contributed by atoms with Crippen molar-refractivity contribution in [3.8, 4) is 0 Å². The van der Waals surface area contributed by atoms with Crippen molar-refractivity contribution in [2.45, 2.75) is 27.2 Å². The van der Waals surface area contributed by atoms with Gasteiger partial charge in [0, 0.05) is 0 Å². The first-order valence-corrected chi connectivity index (χ1v) is 15.5. The minimum Gasteiger partial charge on any atom is -0.756 e. The average molecular weight is 529 g/mol. The van der Waals surface area contributed by atoms with Crippen molar-refractivity contribution in [2.75, 3.05) is 26.0 Å². The number of hydrogen-bond donors (Lipinski definition) is 0. The van der Waals surface area contributed by atoms with E-state index in [1.165, 1.54) is 0 Å². The Balaban J connectivity index is 1.74. The van der Waals surface area contributed by atoms with Gasteiger partial charge in [0.15, 0.2) is 0 Å². The maximum atomic E-state index is 12.5. The van der Waals surface area contributed by atoms with Crippen LogP contribution in [-0.4, -0.2) is 32.0 Å². The zero-order chi connectivity index (χ0) is 26.1. The maximum absolute atomic E-state index is 12.5. The van der Waals surface area contributed by atoms with Crippen LogP contribution in [0.5, 0.6) is 0 Å². The van der Waals surface area contributed by atoms with Gasteiger partial charge in [-0.25, -0.2) is 0 Å². The lowest BCUT2D eigenvalue weighted by molar-refractivity contribution is -0.226. The molecule has 0 saturated carbocycles. The first kappa shape index (κ1) is 28.2. The Hall–Kier alpha value is -2.33. The van der Waals surface area contributed by atoms with Crippen LogP contribution < -0.4 is 20.8 Å². The van der Waals surface area contributed by atoms with Gasteiger partial charge in [0.05, 0.1) is 24.8 Å². The van der Waals surface area contributed by atoms with Crippen LogP contribution in [0.4, 0.5) is 0 Å². The van der Waals surface area contributed by atoms with Crippen LogP contribution in [0, 0.1) is 5.41 Å². The molecule has 0 saturated heterocycles. The lowest BCUT2D eigenvalue weighted by atomic mass is 9.91. The summed E-state index contributed by atoms with van der Waals surface area (Å²) in [5.41, 5.74) is -0.628. The summed E-state index contributed by atoms with van der Waals surface area (Å²) in [5.74, 6) is -0.390. The molecule has 0 aliphatic rings. The summed E-state index contributed by atoms with van der Waals surface area (Å²) in [4.78, 5) is 24.5. The van der Waals surface area contributed by atoms with E-state index in [-0.39, 0.29) is 19.8 Å². The number of carbonyl (C=O) groups excluding carboxylic acids is 1. The zero-order valence-corrected chi connectivity index (χ0v) is 22.8. The van der Waals surface area contributed by atoms with Gasteiger partial charge >= 0.3 is 5.97 Å². The highest BCUT2D eigenvalue weighted by molar-refractivity contribution is 7.95. The van der Waals surface area contributed by atoms with Gasteiger partial charge in [0.2, 0.25) is 0 Å². The minimum absolute atomic E-state index is 0.0457. The Kier molecular flexibility index (Phi) is 10.0. The number of carbonyl (C=O) groups is 1. The number of ether oxygens (including phenoxy) is 1. The molecule has 0 aromatic heterocycles. The Labute approximate surface area is 214 Å². The van der Waals surface area contributed by atoms with Gasteiger partial charge in [-0.05, 0) is 56.7 Å². The molecule has 0 aliphatic carbocycles. The fourth-order valence-electron chi connectivity index (χ4n) is 3.83. The van der Waals surface area contributed by atoms with E-state index >= 15 is 0 Å². The minimum atomic E-state index is -4.58. The summed E-state index contributed by atoms with van der Waals surface area (Å²) in [7, 11) is -6.80. The van der Waals surface area contributed by atoms with Crippen LogP contribution in [0.2, 0.25) is 0 Å². The highest BCUT2D eigenvalue weighted by Crippen LogP contribution is 2.55. The molecule has 0 bridgehead atoms. The van der Waals surface area contributed by atoms with Crippen LogP contribution in [0.15, 0.2) is 91.0 Å². The molecule has 6 nitrogen and oxygen atoms in total. The number of rotatable bonds is 13. The van der Waals surface area contributed by atoms with Gasteiger partial charge in [-0.3, -0.25) is 9.36 Å². The third-order valence-corrected chi connectivity index (χ3v) is 11.7. The number of esters is 1. The van der Waals surface area contributed by atoms with Gasteiger partial charge in [0.25, 0.3) is 7.82 Å². The lowest BCUT2D eigenvalue weighted by Gasteiger charge is -2.29. The zero-order valence-electron chi connectivity index (χ0n) is 21.0. The lowest BCUT2D eigenvalue weighted by Crippen LogP contribution is -2.34.